The molecular formula is C11H7IN2O4. The van der Waals surface area contributed by atoms with Crippen LogP contribution in [-0.4, -0.2) is 21.0 Å². The highest BCUT2D eigenvalue weighted by Gasteiger charge is 2.09. The maximum atomic E-state index is 11.1. The van der Waals surface area contributed by atoms with Gasteiger partial charge in [-0.1, -0.05) is 0 Å². The number of ether oxygens (including phenoxy) is 1. The van der Waals surface area contributed by atoms with Crippen molar-refractivity contribution in [2.45, 2.75) is 0 Å². The van der Waals surface area contributed by atoms with Crippen LogP contribution in [0.1, 0.15) is 10.4 Å². The minimum atomic E-state index is -1.05. The summed E-state index contributed by atoms with van der Waals surface area (Å²) in [6, 6.07) is 5.66. The maximum Gasteiger partial charge on any atom is 0.335 e. The van der Waals surface area contributed by atoms with Gasteiger partial charge in [0.05, 0.1) is 21.5 Å². The van der Waals surface area contributed by atoms with Crippen molar-refractivity contribution >= 4 is 28.6 Å². The summed E-state index contributed by atoms with van der Waals surface area (Å²) in [5.41, 5.74) is -0.236. The van der Waals surface area contributed by atoms with Gasteiger partial charge in [0.2, 0.25) is 5.88 Å². The number of carbonyl (C=O) groups is 1. The van der Waals surface area contributed by atoms with Gasteiger partial charge in [-0.25, -0.2) is 9.78 Å². The van der Waals surface area contributed by atoms with Crippen molar-refractivity contribution in [1.82, 2.24) is 9.97 Å². The van der Waals surface area contributed by atoms with Gasteiger partial charge in [0, 0.05) is 0 Å². The van der Waals surface area contributed by atoms with Crippen molar-refractivity contribution in [2.24, 2.45) is 0 Å². The Morgan fingerprint density at radius 3 is 2.83 bits per heavy atom. The van der Waals surface area contributed by atoms with Gasteiger partial charge in [0.15, 0.2) is 0 Å². The number of hydrogen-bond acceptors (Lipinski definition) is 4. The van der Waals surface area contributed by atoms with E-state index in [1.54, 1.807) is 6.07 Å². The van der Waals surface area contributed by atoms with Crippen LogP contribution in [0, 0.1) is 3.57 Å². The Balaban J connectivity index is 2.36. The van der Waals surface area contributed by atoms with Gasteiger partial charge in [-0.15, -0.1) is 0 Å². The van der Waals surface area contributed by atoms with E-state index in [0.717, 1.165) is 3.57 Å². The number of aromatic amines is 1. The molecule has 1 heterocycles. The third-order valence-corrected chi connectivity index (χ3v) is 2.94. The lowest BCUT2D eigenvalue weighted by Crippen LogP contribution is -2.05. The number of aromatic carboxylic acids is 1. The van der Waals surface area contributed by atoms with Crippen LogP contribution in [0.4, 0.5) is 0 Å². The molecule has 2 rings (SSSR count). The van der Waals surface area contributed by atoms with Gasteiger partial charge < -0.3 is 14.8 Å². The van der Waals surface area contributed by atoms with Crippen molar-refractivity contribution < 1.29 is 14.6 Å². The van der Waals surface area contributed by atoms with Crippen LogP contribution in [0.3, 0.4) is 0 Å². The summed E-state index contributed by atoms with van der Waals surface area (Å²) in [6.45, 7) is 0. The van der Waals surface area contributed by atoms with E-state index in [2.05, 4.69) is 9.97 Å². The summed E-state index contributed by atoms with van der Waals surface area (Å²) >= 11 is 2.00. The Kier molecular flexibility index (Phi) is 3.60. The van der Waals surface area contributed by atoms with E-state index in [9.17, 15) is 9.59 Å². The Hall–Kier alpha value is -1.90. The van der Waals surface area contributed by atoms with Crippen LogP contribution in [0.25, 0.3) is 0 Å². The molecule has 0 aliphatic carbocycles. The van der Waals surface area contributed by atoms with Crippen LogP contribution in [-0.2, 0) is 0 Å². The molecule has 2 N–H and O–H groups in total. The van der Waals surface area contributed by atoms with Crippen molar-refractivity contribution in [2.75, 3.05) is 0 Å². The van der Waals surface area contributed by atoms with Gasteiger partial charge in [0.1, 0.15) is 5.75 Å². The van der Waals surface area contributed by atoms with Crippen LogP contribution >= 0.6 is 22.6 Å². The van der Waals surface area contributed by atoms with E-state index in [-0.39, 0.29) is 17.0 Å². The molecule has 1 aromatic carbocycles. The summed E-state index contributed by atoms with van der Waals surface area (Å²) in [4.78, 5) is 28.1. The monoisotopic (exact) mass is 358 g/mol. The SMILES string of the molecule is O=C(O)c1ccc(I)c(Oc2cc(=O)[nH]cn2)c1. The van der Waals surface area contributed by atoms with Crippen LogP contribution < -0.4 is 10.3 Å². The lowest BCUT2D eigenvalue weighted by molar-refractivity contribution is 0.0696. The Morgan fingerprint density at radius 1 is 1.39 bits per heavy atom. The van der Waals surface area contributed by atoms with Gasteiger partial charge >= 0.3 is 5.97 Å². The highest BCUT2D eigenvalue weighted by atomic mass is 127. The predicted octanol–water partition coefficient (Wildman–Crippen LogP) is 1.86. The number of aromatic nitrogens is 2. The number of nitrogens with one attached hydrogen (secondary N) is 1. The van der Waals surface area contributed by atoms with E-state index >= 15 is 0 Å². The third kappa shape index (κ3) is 2.86. The summed E-state index contributed by atoms with van der Waals surface area (Å²) in [5, 5.41) is 8.88. The lowest BCUT2D eigenvalue weighted by Gasteiger charge is -2.07. The van der Waals surface area contributed by atoms with E-state index < -0.39 is 5.97 Å². The zero-order valence-corrected chi connectivity index (χ0v) is 11.0. The molecule has 0 atom stereocenters. The number of nitrogens with zero attached hydrogens (tertiary/aromatic N) is 1. The van der Waals surface area contributed by atoms with Crippen LogP contribution in [0.15, 0.2) is 35.4 Å². The second-order valence-electron chi connectivity index (χ2n) is 3.30. The molecule has 7 heteroatoms. The number of hydrogen-bond donors (Lipinski definition) is 2. The summed E-state index contributed by atoms with van der Waals surface area (Å²) < 4.78 is 6.10. The third-order valence-electron chi connectivity index (χ3n) is 2.05. The molecule has 0 radical (unpaired) electrons. The maximum absolute atomic E-state index is 11.1. The zero-order chi connectivity index (χ0) is 13.1. The van der Waals surface area contributed by atoms with Gasteiger partial charge in [-0.3, -0.25) is 4.79 Å². The molecule has 0 fully saturated rings. The van der Waals surface area contributed by atoms with E-state index in [1.165, 1.54) is 24.5 Å². The molecule has 0 bridgehead atoms. The first-order valence-electron chi connectivity index (χ1n) is 4.81. The number of rotatable bonds is 3. The van der Waals surface area contributed by atoms with Crippen molar-refractivity contribution in [3.63, 3.8) is 0 Å². The van der Waals surface area contributed by atoms with Crippen molar-refractivity contribution in [1.29, 1.82) is 0 Å². The quantitative estimate of drug-likeness (QED) is 0.818. The highest BCUT2D eigenvalue weighted by molar-refractivity contribution is 14.1. The standard InChI is InChI=1S/C11H7IN2O4/c12-7-2-1-6(11(16)17)3-8(7)18-10-4-9(15)13-5-14-10/h1-5H,(H,16,17)(H,13,14,15). The molecule has 1 aromatic heterocycles. The smallest absolute Gasteiger partial charge is 0.335 e. The van der Waals surface area contributed by atoms with Gasteiger partial charge in [-0.2, -0.15) is 0 Å². The first-order chi connectivity index (χ1) is 8.56. The fraction of sp³-hybridized carbons (Fsp3) is 0. The molecule has 6 nitrogen and oxygen atoms in total. The first kappa shape index (κ1) is 12.6. The average molecular weight is 358 g/mol. The normalized spacial score (nSPS) is 10.1. The van der Waals surface area contributed by atoms with Gasteiger partial charge in [-0.05, 0) is 40.8 Å². The highest BCUT2D eigenvalue weighted by Crippen LogP contribution is 2.26. The number of H-pyrrole nitrogens is 1. The Labute approximate surface area is 115 Å². The number of benzene rings is 1. The molecule has 0 amide bonds. The second kappa shape index (κ2) is 5.17. The molecule has 0 unspecified atom stereocenters. The van der Waals surface area contributed by atoms with Crippen LogP contribution in [0.2, 0.25) is 0 Å². The Bertz CT molecular complexity index is 653. The molecule has 0 saturated heterocycles. The molecule has 0 aliphatic heterocycles. The fourth-order valence-electron chi connectivity index (χ4n) is 1.23. The first-order valence-corrected chi connectivity index (χ1v) is 5.89. The molecule has 18 heavy (non-hydrogen) atoms. The summed E-state index contributed by atoms with van der Waals surface area (Å²) in [7, 11) is 0. The lowest BCUT2D eigenvalue weighted by atomic mass is 10.2. The predicted molar refractivity (Wildman–Crippen MR) is 71.1 cm³/mol. The summed E-state index contributed by atoms with van der Waals surface area (Å²) in [5.74, 6) is -0.595. The largest absolute Gasteiger partial charge is 0.478 e. The van der Waals surface area contributed by atoms with E-state index in [4.69, 9.17) is 9.84 Å². The minimum Gasteiger partial charge on any atom is -0.478 e. The number of carboxylic acids is 1. The zero-order valence-electron chi connectivity index (χ0n) is 8.88. The van der Waals surface area contributed by atoms with Gasteiger partial charge in [0.25, 0.3) is 5.56 Å². The second-order valence-corrected chi connectivity index (χ2v) is 4.46. The number of carboxylic acid groups (broad SMARTS) is 1. The van der Waals surface area contributed by atoms with Crippen LogP contribution in [0.5, 0.6) is 11.6 Å². The molecule has 2 aromatic rings. The molecule has 0 spiro atoms. The molecular weight excluding hydrogens is 351 g/mol. The molecule has 0 aliphatic rings. The average Bonchev–Trinajstić information content (AvgIpc) is 2.31. The topological polar surface area (TPSA) is 92.3 Å². The van der Waals surface area contributed by atoms with E-state index in [0.29, 0.717) is 5.75 Å². The van der Waals surface area contributed by atoms with Crippen molar-refractivity contribution in [3.8, 4) is 11.6 Å². The Morgan fingerprint density at radius 2 is 2.17 bits per heavy atom. The summed E-state index contributed by atoms with van der Waals surface area (Å²) in [6.07, 6.45) is 1.21. The molecule has 0 saturated carbocycles. The number of halogens is 1. The van der Waals surface area contributed by atoms with Crippen molar-refractivity contribution in [3.05, 3.63) is 50.1 Å². The van der Waals surface area contributed by atoms with E-state index in [1.807, 2.05) is 22.6 Å². The minimum absolute atomic E-state index is 0.107. The molecule has 92 valence electrons. The fourth-order valence-corrected chi connectivity index (χ4v) is 1.68.